The average molecular weight is 468 g/mol. The van der Waals surface area contributed by atoms with Gasteiger partial charge in [-0.05, 0) is 42.7 Å². The SMILES string of the molecule is COc1ccc(C(NC(=O)CN2CCCCC2=O)C(=O)Nc2ccc([Si](C)(C)C)cc2)cc1. The van der Waals surface area contributed by atoms with E-state index in [1.807, 2.05) is 24.3 Å². The topological polar surface area (TPSA) is 87.7 Å². The lowest BCUT2D eigenvalue weighted by atomic mass is 10.1. The summed E-state index contributed by atoms with van der Waals surface area (Å²) in [6.07, 6.45) is 2.20. The molecule has 1 atom stereocenters. The van der Waals surface area contributed by atoms with E-state index in [0.29, 0.717) is 30.0 Å². The number of piperidine rings is 1. The zero-order valence-electron chi connectivity index (χ0n) is 19.8. The van der Waals surface area contributed by atoms with Gasteiger partial charge in [0.15, 0.2) is 0 Å². The molecule has 8 heteroatoms. The number of amides is 3. The van der Waals surface area contributed by atoms with Gasteiger partial charge in [0.1, 0.15) is 11.8 Å². The standard InChI is InChI=1S/C25H33N3O4Si/c1-32-20-12-8-18(9-13-20)24(27-22(29)17-28-16-6-5-7-23(28)30)25(31)26-19-10-14-21(15-11-19)33(2,3)4/h8-15,24H,5-7,16-17H2,1-4H3,(H,26,31)(H,27,29). The van der Waals surface area contributed by atoms with Crippen molar-refractivity contribution in [3.63, 3.8) is 0 Å². The highest BCUT2D eigenvalue weighted by Crippen LogP contribution is 2.20. The number of carbonyl (C=O) groups is 3. The van der Waals surface area contributed by atoms with Gasteiger partial charge in [-0.15, -0.1) is 0 Å². The maximum absolute atomic E-state index is 13.2. The van der Waals surface area contributed by atoms with Gasteiger partial charge >= 0.3 is 0 Å². The van der Waals surface area contributed by atoms with Crippen molar-refractivity contribution in [2.24, 2.45) is 0 Å². The molecule has 2 aromatic carbocycles. The molecule has 1 fully saturated rings. The van der Waals surface area contributed by atoms with Crippen molar-refractivity contribution in [3.05, 3.63) is 54.1 Å². The van der Waals surface area contributed by atoms with Crippen molar-refractivity contribution < 1.29 is 19.1 Å². The first-order valence-electron chi connectivity index (χ1n) is 11.3. The minimum atomic E-state index is -1.44. The van der Waals surface area contributed by atoms with Crippen LogP contribution in [0.3, 0.4) is 0 Å². The maximum Gasteiger partial charge on any atom is 0.251 e. The Bertz CT molecular complexity index is 984. The number of benzene rings is 2. The van der Waals surface area contributed by atoms with Crippen LogP contribution in [0, 0.1) is 0 Å². The van der Waals surface area contributed by atoms with Gasteiger partial charge in [0.25, 0.3) is 5.91 Å². The number of carbonyl (C=O) groups excluding carboxylic acids is 3. The molecule has 0 aliphatic carbocycles. The third kappa shape index (κ3) is 6.68. The van der Waals surface area contributed by atoms with Crippen molar-refractivity contribution >= 4 is 36.7 Å². The summed E-state index contributed by atoms with van der Waals surface area (Å²) in [7, 11) is 0.128. The Balaban J connectivity index is 1.76. The summed E-state index contributed by atoms with van der Waals surface area (Å²) in [5, 5.41) is 7.03. The Morgan fingerprint density at radius 3 is 2.27 bits per heavy atom. The summed E-state index contributed by atoms with van der Waals surface area (Å²) in [4.78, 5) is 39.6. The largest absolute Gasteiger partial charge is 0.497 e. The molecule has 0 aromatic heterocycles. The summed E-state index contributed by atoms with van der Waals surface area (Å²) < 4.78 is 5.21. The number of ether oxygens (including phenoxy) is 1. The first-order valence-corrected chi connectivity index (χ1v) is 14.8. The van der Waals surface area contributed by atoms with E-state index in [2.05, 4.69) is 30.3 Å². The fourth-order valence-electron chi connectivity index (χ4n) is 3.77. The fraction of sp³-hybridized carbons (Fsp3) is 0.400. The first kappa shape index (κ1) is 24.5. The second-order valence-electron chi connectivity index (χ2n) is 9.36. The normalized spacial score (nSPS) is 15.0. The third-order valence-electron chi connectivity index (χ3n) is 5.79. The summed E-state index contributed by atoms with van der Waals surface area (Å²) in [5.41, 5.74) is 1.30. The number of anilines is 1. The minimum absolute atomic E-state index is 0.0238. The Morgan fingerprint density at radius 1 is 1.03 bits per heavy atom. The minimum Gasteiger partial charge on any atom is -0.497 e. The van der Waals surface area contributed by atoms with E-state index in [9.17, 15) is 14.4 Å². The van der Waals surface area contributed by atoms with Crippen LogP contribution in [0.15, 0.2) is 48.5 Å². The molecule has 1 aliphatic heterocycles. The number of nitrogens with one attached hydrogen (secondary N) is 2. The summed E-state index contributed by atoms with van der Waals surface area (Å²) >= 11 is 0. The molecule has 1 saturated heterocycles. The Hall–Kier alpha value is -3.13. The Labute approximate surface area is 196 Å². The second-order valence-corrected chi connectivity index (χ2v) is 14.4. The molecule has 0 radical (unpaired) electrons. The lowest BCUT2D eigenvalue weighted by Gasteiger charge is -2.27. The molecule has 1 unspecified atom stereocenters. The predicted molar refractivity (Wildman–Crippen MR) is 132 cm³/mol. The third-order valence-corrected chi connectivity index (χ3v) is 7.86. The molecule has 33 heavy (non-hydrogen) atoms. The van der Waals surface area contributed by atoms with Crippen molar-refractivity contribution in [1.29, 1.82) is 0 Å². The van der Waals surface area contributed by atoms with Gasteiger partial charge < -0.3 is 20.3 Å². The first-order chi connectivity index (χ1) is 15.7. The number of hydrogen-bond donors (Lipinski definition) is 2. The van der Waals surface area contributed by atoms with Gasteiger partial charge in [-0.3, -0.25) is 14.4 Å². The Morgan fingerprint density at radius 2 is 1.70 bits per heavy atom. The van der Waals surface area contributed by atoms with E-state index in [1.165, 1.54) is 5.19 Å². The van der Waals surface area contributed by atoms with E-state index in [4.69, 9.17) is 4.74 Å². The molecule has 3 rings (SSSR count). The highest BCUT2D eigenvalue weighted by Gasteiger charge is 2.26. The van der Waals surface area contributed by atoms with E-state index in [1.54, 1.807) is 36.3 Å². The maximum atomic E-state index is 13.2. The fourth-order valence-corrected chi connectivity index (χ4v) is 4.94. The summed E-state index contributed by atoms with van der Waals surface area (Å²) in [5.74, 6) is -0.0797. The van der Waals surface area contributed by atoms with Crippen LogP contribution >= 0.6 is 0 Å². The molecule has 0 spiro atoms. The predicted octanol–water partition coefficient (Wildman–Crippen LogP) is 3.05. The van der Waals surface area contributed by atoms with Crippen LogP contribution < -0.4 is 20.6 Å². The van der Waals surface area contributed by atoms with Gasteiger partial charge in [-0.1, -0.05) is 49.1 Å². The monoisotopic (exact) mass is 467 g/mol. The van der Waals surface area contributed by atoms with Gasteiger partial charge in [0.2, 0.25) is 11.8 Å². The average Bonchev–Trinajstić information content (AvgIpc) is 2.79. The van der Waals surface area contributed by atoms with E-state index >= 15 is 0 Å². The summed E-state index contributed by atoms with van der Waals surface area (Å²) in [6, 6.07) is 14.0. The molecule has 0 bridgehead atoms. The van der Waals surface area contributed by atoms with Gasteiger partial charge in [-0.2, -0.15) is 0 Å². The van der Waals surface area contributed by atoms with E-state index in [-0.39, 0.29) is 24.3 Å². The summed E-state index contributed by atoms with van der Waals surface area (Å²) in [6.45, 7) is 7.31. The van der Waals surface area contributed by atoms with Crippen molar-refractivity contribution in [2.45, 2.75) is 44.9 Å². The molecule has 2 N–H and O–H groups in total. The van der Waals surface area contributed by atoms with E-state index < -0.39 is 14.1 Å². The van der Waals surface area contributed by atoms with Crippen LogP contribution in [0.1, 0.15) is 30.9 Å². The molecule has 2 aromatic rings. The van der Waals surface area contributed by atoms with Crippen LogP contribution in [-0.2, 0) is 14.4 Å². The van der Waals surface area contributed by atoms with Gasteiger partial charge in [-0.25, -0.2) is 0 Å². The van der Waals surface area contributed by atoms with Crippen molar-refractivity contribution in [2.75, 3.05) is 25.5 Å². The molecular formula is C25H33N3O4Si. The number of methoxy groups -OCH3 is 1. The molecule has 176 valence electrons. The van der Waals surface area contributed by atoms with Gasteiger partial charge in [0.05, 0.1) is 21.7 Å². The molecule has 1 aliphatic rings. The lowest BCUT2D eigenvalue weighted by Crippen LogP contribution is -2.45. The molecule has 1 heterocycles. The number of nitrogens with zero attached hydrogens (tertiary/aromatic N) is 1. The lowest BCUT2D eigenvalue weighted by molar-refractivity contribution is -0.138. The van der Waals surface area contributed by atoms with Crippen LogP contribution in [0.5, 0.6) is 5.75 Å². The quantitative estimate of drug-likeness (QED) is 0.584. The highest BCUT2D eigenvalue weighted by atomic mass is 28.3. The number of likely N-dealkylation sites (tertiary alicyclic amines) is 1. The number of rotatable bonds is 8. The molecule has 7 nitrogen and oxygen atoms in total. The van der Waals surface area contributed by atoms with Crippen LogP contribution in [0.25, 0.3) is 0 Å². The van der Waals surface area contributed by atoms with Crippen molar-refractivity contribution in [3.8, 4) is 5.75 Å². The highest BCUT2D eigenvalue weighted by molar-refractivity contribution is 6.88. The smallest absolute Gasteiger partial charge is 0.251 e. The van der Waals surface area contributed by atoms with Crippen LogP contribution in [0.4, 0.5) is 5.69 Å². The van der Waals surface area contributed by atoms with Gasteiger partial charge in [0, 0.05) is 18.7 Å². The zero-order chi connectivity index (χ0) is 24.0. The zero-order valence-corrected chi connectivity index (χ0v) is 20.8. The molecule has 3 amide bonds. The number of hydrogen-bond acceptors (Lipinski definition) is 4. The second kappa shape index (κ2) is 10.7. The van der Waals surface area contributed by atoms with Crippen LogP contribution in [0.2, 0.25) is 19.6 Å². The molecular weight excluding hydrogens is 434 g/mol. The van der Waals surface area contributed by atoms with E-state index in [0.717, 1.165) is 12.8 Å². The van der Waals surface area contributed by atoms with Crippen LogP contribution in [-0.4, -0.2) is 50.9 Å². The molecule has 0 saturated carbocycles. The van der Waals surface area contributed by atoms with Crippen molar-refractivity contribution in [1.82, 2.24) is 10.2 Å². The Kier molecular flexibility index (Phi) is 7.91.